The Morgan fingerprint density at radius 3 is 2.56 bits per heavy atom. The van der Waals surface area contributed by atoms with Gasteiger partial charge in [0.25, 0.3) is 5.69 Å². The van der Waals surface area contributed by atoms with Crippen molar-refractivity contribution in [3.63, 3.8) is 0 Å². The predicted molar refractivity (Wildman–Crippen MR) is 129 cm³/mol. The number of carbonyl (C=O) groups is 1. The van der Waals surface area contributed by atoms with Gasteiger partial charge in [-0.3, -0.25) is 10.1 Å². The minimum Gasteiger partial charge on any atom is -0.497 e. The fourth-order valence-electron chi connectivity index (χ4n) is 4.23. The van der Waals surface area contributed by atoms with E-state index in [1.165, 1.54) is 18.4 Å². The Kier molecular flexibility index (Phi) is 11.3. The van der Waals surface area contributed by atoms with Gasteiger partial charge in [-0.1, -0.05) is 26.7 Å². The maximum atomic E-state index is 11.6. The predicted octanol–water partition coefficient (Wildman–Crippen LogP) is 4.58. The molecule has 9 nitrogen and oxygen atoms in total. The highest BCUT2D eigenvalue weighted by molar-refractivity contribution is 5.49. The first kappa shape index (κ1) is 27.6. The van der Waals surface area contributed by atoms with Crippen LogP contribution < -0.4 is 10.1 Å². The molecular weight excluding hydrogens is 440 g/mol. The fraction of sp³-hybridized carbons (Fsp3) is 0.640. The number of nitrogens with one attached hydrogen (secondary N) is 1. The second-order valence-corrected chi connectivity index (χ2v) is 8.50. The molecule has 0 aromatic heterocycles. The number of ether oxygens (including phenoxy) is 3. The van der Waals surface area contributed by atoms with Crippen molar-refractivity contribution in [1.82, 2.24) is 5.32 Å². The number of carbonyl (C=O) groups excluding carboxylic acids is 1. The van der Waals surface area contributed by atoms with Gasteiger partial charge < -0.3 is 29.4 Å². The van der Waals surface area contributed by atoms with Crippen molar-refractivity contribution in [3.8, 4) is 5.75 Å². The molecule has 0 spiro atoms. The molecule has 1 aliphatic rings. The van der Waals surface area contributed by atoms with Gasteiger partial charge in [-0.2, -0.15) is 0 Å². The molecule has 34 heavy (non-hydrogen) atoms. The Morgan fingerprint density at radius 1 is 1.26 bits per heavy atom. The summed E-state index contributed by atoms with van der Waals surface area (Å²) in [7, 11) is 0. The van der Waals surface area contributed by atoms with Crippen molar-refractivity contribution in [3.05, 3.63) is 45.9 Å². The van der Waals surface area contributed by atoms with Gasteiger partial charge in [0.05, 0.1) is 30.7 Å². The molecule has 1 aromatic carbocycles. The number of non-ortho nitro benzene ring substituents is 1. The Hall–Kier alpha value is -2.65. The molecule has 0 fully saturated rings. The van der Waals surface area contributed by atoms with Gasteiger partial charge in [-0.25, -0.2) is 0 Å². The average molecular weight is 479 g/mol. The highest BCUT2D eigenvalue weighted by atomic mass is 16.6. The van der Waals surface area contributed by atoms with Crippen LogP contribution in [0.15, 0.2) is 30.2 Å². The molecule has 0 saturated heterocycles. The van der Waals surface area contributed by atoms with Crippen LogP contribution in [-0.2, 0) is 14.3 Å². The van der Waals surface area contributed by atoms with E-state index >= 15 is 0 Å². The lowest BCUT2D eigenvalue weighted by atomic mass is 9.77. The van der Waals surface area contributed by atoms with E-state index < -0.39 is 22.7 Å². The molecule has 1 aliphatic heterocycles. The number of nitro benzene ring substituents is 1. The lowest BCUT2D eigenvalue weighted by Crippen LogP contribution is -2.56. The number of fused-ring (bicyclic) bond motifs is 1. The number of aliphatic hydroxyl groups is 1. The maximum absolute atomic E-state index is 11.6. The summed E-state index contributed by atoms with van der Waals surface area (Å²) in [5.74, 6) is 1.05. The average Bonchev–Trinajstić information content (AvgIpc) is 2.83. The minimum absolute atomic E-state index is 0.0614. The third kappa shape index (κ3) is 7.17. The monoisotopic (exact) mass is 478 g/mol. The maximum Gasteiger partial charge on any atom is 0.270 e. The Balaban J connectivity index is 2.39. The van der Waals surface area contributed by atoms with E-state index in [9.17, 15) is 20.0 Å². The largest absolute Gasteiger partial charge is 0.497 e. The first-order chi connectivity index (χ1) is 16.4. The summed E-state index contributed by atoms with van der Waals surface area (Å²) < 4.78 is 17.5. The van der Waals surface area contributed by atoms with Crippen LogP contribution in [-0.4, -0.2) is 47.8 Å². The van der Waals surface area contributed by atoms with Crippen LogP contribution in [0.2, 0.25) is 0 Å². The second-order valence-electron chi connectivity index (χ2n) is 8.50. The zero-order valence-corrected chi connectivity index (χ0v) is 20.5. The van der Waals surface area contributed by atoms with E-state index in [0.717, 1.165) is 32.0 Å². The third-order valence-electron chi connectivity index (χ3n) is 6.01. The molecule has 0 amide bonds. The molecule has 1 heterocycles. The second kappa shape index (κ2) is 13.9. The van der Waals surface area contributed by atoms with Gasteiger partial charge in [0.2, 0.25) is 0 Å². The van der Waals surface area contributed by atoms with Gasteiger partial charge in [0, 0.05) is 24.1 Å². The molecule has 2 rings (SSSR count). The van der Waals surface area contributed by atoms with Crippen LogP contribution in [0.5, 0.6) is 5.75 Å². The molecule has 0 radical (unpaired) electrons. The highest BCUT2D eigenvalue weighted by Crippen LogP contribution is 2.45. The molecule has 190 valence electrons. The number of nitro groups is 1. The molecular formula is C25H38N2O7. The number of unbranched alkanes of at least 4 members (excludes halogenated alkanes) is 2. The smallest absolute Gasteiger partial charge is 0.270 e. The van der Waals surface area contributed by atoms with Crippen LogP contribution in [0.4, 0.5) is 5.69 Å². The van der Waals surface area contributed by atoms with Gasteiger partial charge in [-0.15, -0.1) is 0 Å². The number of aliphatic hydroxyl groups excluding tert-OH is 1. The quantitative estimate of drug-likeness (QED) is 0.116. The molecule has 9 heteroatoms. The molecule has 0 aliphatic carbocycles. The van der Waals surface area contributed by atoms with Crippen LogP contribution in [0.25, 0.3) is 0 Å². The van der Waals surface area contributed by atoms with Crippen LogP contribution in [0.1, 0.15) is 77.3 Å². The molecule has 0 saturated carbocycles. The van der Waals surface area contributed by atoms with Crippen molar-refractivity contribution in [2.24, 2.45) is 0 Å². The molecule has 2 N–H and O–H groups in total. The number of rotatable bonds is 16. The fourth-order valence-corrected chi connectivity index (χ4v) is 4.23. The number of hydrogen-bond donors (Lipinski definition) is 2. The number of benzene rings is 1. The SMILES string of the molecule is CCCCC1(CCCC)Oc2ccc([N+](=O)[O-])cc2C(NC/C(=C/OCCC=O)OCC)C1O. The van der Waals surface area contributed by atoms with E-state index in [-0.39, 0.29) is 25.3 Å². The van der Waals surface area contributed by atoms with E-state index in [4.69, 9.17) is 14.2 Å². The standard InChI is InChI=1S/C25H38N2O7/c1-4-7-12-25(13-8-5-2)24(29)23(21-16-19(27(30)31)10-11-22(21)34-25)26-17-20(33-6-3)18-32-15-9-14-28/h10-11,14,16,18,23-24,26,29H,4-9,12-13,15,17H2,1-3H3/b20-18-. The Labute approximate surface area is 201 Å². The summed E-state index contributed by atoms with van der Waals surface area (Å²) in [5, 5.41) is 26.4. The molecule has 0 bridgehead atoms. The number of nitrogens with zero attached hydrogens (tertiary/aromatic N) is 1. The van der Waals surface area contributed by atoms with Crippen LogP contribution in [0, 0.1) is 10.1 Å². The topological polar surface area (TPSA) is 120 Å². The summed E-state index contributed by atoms with van der Waals surface area (Å²) in [4.78, 5) is 21.5. The molecule has 1 aromatic rings. The van der Waals surface area contributed by atoms with Crippen LogP contribution in [0.3, 0.4) is 0 Å². The summed E-state index contributed by atoms with van der Waals surface area (Å²) in [5.41, 5.74) is -0.306. The highest BCUT2D eigenvalue weighted by Gasteiger charge is 2.48. The summed E-state index contributed by atoms with van der Waals surface area (Å²) in [6, 6.07) is 3.92. The van der Waals surface area contributed by atoms with Crippen molar-refractivity contribution >= 4 is 12.0 Å². The van der Waals surface area contributed by atoms with Crippen molar-refractivity contribution in [2.45, 2.75) is 83.5 Å². The minimum atomic E-state index is -0.918. The summed E-state index contributed by atoms with van der Waals surface area (Å²) in [6.45, 7) is 6.93. The van der Waals surface area contributed by atoms with Gasteiger partial charge in [0.15, 0.2) is 0 Å². The van der Waals surface area contributed by atoms with Crippen LogP contribution >= 0.6 is 0 Å². The number of aldehydes is 1. The van der Waals surface area contributed by atoms with E-state index in [2.05, 4.69) is 19.2 Å². The van der Waals surface area contributed by atoms with Gasteiger partial charge in [-0.05, 0) is 38.7 Å². The molecule has 2 atom stereocenters. The lowest BCUT2D eigenvalue weighted by Gasteiger charge is -2.47. The zero-order valence-electron chi connectivity index (χ0n) is 20.5. The lowest BCUT2D eigenvalue weighted by molar-refractivity contribution is -0.385. The Morgan fingerprint density at radius 2 is 1.97 bits per heavy atom. The first-order valence-corrected chi connectivity index (χ1v) is 12.2. The van der Waals surface area contributed by atoms with E-state index in [1.807, 2.05) is 6.92 Å². The van der Waals surface area contributed by atoms with Gasteiger partial charge >= 0.3 is 0 Å². The van der Waals surface area contributed by atoms with Crippen molar-refractivity contribution < 1.29 is 29.0 Å². The summed E-state index contributed by atoms with van der Waals surface area (Å²) >= 11 is 0. The normalized spacial score (nSPS) is 19.1. The Bertz CT molecular complexity index is 819. The van der Waals surface area contributed by atoms with E-state index in [0.29, 0.717) is 36.5 Å². The van der Waals surface area contributed by atoms with E-state index in [1.54, 1.807) is 6.07 Å². The number of hydrogen-bond acceptors (Lipinski definition) is 8. The van der Waals surface area contributed by atoms with Gasteiger partial charge in [0.1, 0.15) is 35.8 Å². The van der Waals surface area contributed by atoms with Crippen molar-refractivity contribution in [1.29, 1.82) is 0 Å². The third-order valence-corrected chi connectivity index (χ3v) is 6.01. The summed E-state index contributed by atoms with van der Waals surface area (Å²) in [6.07, 6.45) is 6.67. The zero-order chi connectivity index (χ0) is 25.0. The molecule has 2 unspecified atom stereocenters. The first-order valence-electron chi connectivity index (χ1n) is 12.2. The van der Waals surface area contributed by atoms with Crippen molar-refractivity contribution in [2.75, 3.05) is 19.8 Å².